The van der Waals surface area contributed by atoms with Crippen LogP contribution >= 0.6 is 15.9 Å². The van der Waals surface area contributed by atoms with Gasteiger partial charge in [-0.05, 0) is 43.5 Å². The van der Waals surface area contributed by atoms with Crippen LogP contribution in [0.15, 0.2) is 28.7 Å². The maximum Gasteiger partial charge on any atom is 0.0470 e. The minimum Gasteiger partial charge on any atom is -0.379 e. The van der Waals surface area contributed by atoms with Crippen molar-refractivity contribution < 1.29 is 0 Å². The summed E-state index contributed by atoms with van der Waals surface area (Å²) >= 11 is 3.43. The Kier molecular flexibility index (Phi) is 4.81. The van der Waals surface area contributed by atoms with E-state index in [0.717, 1.165) is 16.6 Å². The van der Waals surface area contributed by atoms with Crippen LogP contribution < -0.4 is 11.1 Å². The van der Waals surface area contributed by atoms with Crippen LogP contribution in [-0.2, 0) is 0 Å². The molecule has 1 aromatic carbocycles. The Hall–Kier alpha value is -0.540. The number of hydrogen-bond acceptors (Lipinski definition) is 2. The van der Waals surface area contributed by atoms with Crippen LogP contribution in [0.2, 0.25) is 0 Å². The Morgan fingerprint density at radius 3 is 2.31 bits per heavy atom. The molecule has 0 aliphatic carbocycles. The Labute approximate surface area is 107 Å². The number of rotatable bonds is 5. The van der Waals surface area contributed by atoms with Gasteiger partial charge in [-0.3, -0.25) is 0 Å². The van der Waals surface area contributed by atoms with E-state index in [0.29, 0.717) is 12.5 Å². The van der Waals surface area contributed by atoms with Crippen LogP contribution in [0.1, 0.15) is 27.2 Å². The standard InChI is InChI=1S/C13H21BrN2/c1-10(2)8-13(3,9-15)16-12-6-4-11(14)5-7-12/h4-7,10,16H,8-9,15H2,1-3H3. The van der Waals surface area contributed by atoms with Gasteiger partial charge in [-0.1, -0.05) is 29.8 Å². The molecule has 0 saturated carbocycles. The summed E-state index contributed by atoms with van der Waals surface area (Å²) in [6, 6.07) is 8.21. The first-order valence-corrected chi connectivity index (χ1v) is 6.48. The molecular formula is C13H21BrN2. The highest BCUT2D eigenvalue weighted by atomic mass is 79.9. The van der Waals surface area contributed by atoms with Gasteiger partial charge in [-0.15, -0.1) is 0 Å². The molecule has 1 rings (SSSR count). The Bertz CT molecular complexity index is 321. The summed E-state index contributed by atoms with van der Waals surface area (Å²) in [7, 11) is 0. The van der Waals surface area contributed by atoms with Crippen molar-refractivity contribution in [1.82, 2.24) is 0 Å². The zero-order chi connectivity index (χ0) is 12.2. The quantitative estimate of drug-likeness (QED) is 0.867. The fourth-order valence-electron chi connectivity index (χ4n) is 1.97. The summed E-state index contributed by atoms with van der Waals surface area (Å²) in [5, 5.41) is 3.52. The van der Waals surface area contributed by atoms with Crippen LogP contribution in [-0.4, -0.2) is 12.1 Å². The zero-order valence-electron chi connectivity index (χ0n) is 10.3. The third-order valence-electron chi connectivity index (χ3n) is 2.60. The third-order valence-corrected chi connectivity index (χ3v) is 3.13. The van der Waals surface area contributed by atoms with Gasteiger partial charge in [0.25, 0.3) is 0 Å². The third kappa shape index (κ3) is 4.14. The number of hydrogen-bond donors (Lipinski definition) is 2. The highest BCUT2D eigenvalue weighted by Gasteiger charge is 2.23. The van der Waals surface area contributed by atoms with E-state index in [9.17, 15) is 0 Å². The topological polar surface area (TPSA) is 38.0 Å². The number of halogens is 1. The molecule has 0 heterocycles. The number of nitrogens with two attached hydrogens (primary N) is 1. The van der Waals surface area contributed by atoms with Crippen LogP contribution in [0.4, 0.5) is 5.69 Å². The van der Waals surface area contributed by atoms with Gasteiger partial charge in [-0.25, -0.2) is 0 Å². The molecule has 0 fully saturated rings. The minimum absolute atomic E-state index is 0.0258. The van der Waals surface area contributed by atoms with Crippen molar-refractivity contribution in [3.8, 4) is 0 Å². The second kappa shape index (κ2) is 5.69. The Balaban J connectivity index is 2.72. The van der Waals surface area contributed by atoms with E-state index in [1.54, 1.807) is 0 Å². The molecule has 3 heteroatoms. The molecule has 0 radical (unpaired) electrons. The summed E-state index contributed by atoms with van der Waals surface area (Å²) in [4.78, 5) is 0. The van der Waals surface area contributed by atoms with E-state index < -0.39 is 0 Å². The van der Waals surface area contributed by atoms with E-state index in [2.05, 4.69) is 54.2 Å². The smallest absolute Gasteiger partial charge is 0.0470 e. The van der Waals surface area contributed by atoms with Gasteiger partial charge in [0.2, 0.25) is 0 Å². The van der Waals surface area contributed by atoms with E-state index in [1.165, 1.54) is 0 Å². The average molecular weight is 285 g/mol. The molecule has 0 saturated heterocycles. The molecule has 1 atom stereocenters. The van der Waals surface area contributed by atoms with E-state index in [1.807, 2.05) is 12.1 Å². The predicted molar refractivity (Wildman–Crippen MR) is 74.7 cm³/mol. The molecular weight excluding hydrogens is 264 g/mol. The van der Waals surface area contributed by atoms with Crippen LogP contribution in [0.3, 0.4) is 0 Å². The molecule has 0 aliphatic rings. The van der Waals surface area contributed by atoms with E-state index >= 15 is 0 Å². The van der Waals surface area contributed by atoms with Gasteiger partial charge in [0.15, 0.2) is 0 Å². The van der Waals surface area contributed by atoms with Crippen molar-refractivity contribution in [1.29, 1.82) is 0 Å². The molecule has 1 aromatic rings. The second-order valence-electron chi connectivity index (χ2n) is 4.99. The summed E-state index contributed by atoms with van der Waals surface area (Å²) in [5.74, 6) is 0.636. The second-order valence-corrected chi connectivity index (χ2v) is 5.91. The van der Waals surface area contributed by atoms with Crippen molar-refractivity contribution in [3.63, 3.8) is 0 Å². The molecule has 0 aliphatic heterocycles. The van der Waals surface area contributed by atoms with Crippen molar-refractivity contribution in [2.24, 2.45) is 11.7 Å². The number of benzene rings is 1. The Morgan fingerprint density at radius 1 is 1.31 bits per heavy atom. The molecule has 1 unspecified atom stereocenters. The van der Waals surface area contributed by atoms with Gasteiger partial charge >= 0.3 is 0 Å². The maximum absolute atomic E-state index is 5.86. The number of anilines is 1. The molecule has 90 valence electrons. The molecule has 16 heavy (non-hydrogen) atoms. The number of nitrogens with one attached hydrogen (secondary N) is 1. The van der Waals surface area contributed by atoms with Crippen molar-refractivity contribution in [2.75, 3.05) is 11.9 Å². The van der Waals surface area contributed by atoms with Crippen molar-refractivity contribution >= 4 is 21.6 Å². The average Bonchev–Trinajstić information content (AvgIpc) is 2.20. The largest absolute Gasteiger partial charge is 0.379 e. The Morgan fingerprint density at radius 2 is 1.88 bits per heavy atom. The van der Waals surface area contributed by atoms with E-state index in [-0.39, 0.29) is 5.54 Å². The van der Waals surface area contributed by atoms with E-state index in [4.69, 9.17) is 5.73 Å². The first kappa shape index (κ1) is 13.5. The SMILES string of the molecule is CC(C)CC(C)(CN)Nc1ccc(Br)cc1. The first-order chi connectivity index (χ1) is 7.45. The van der Waals surface area contributed by atoms with Gasteiger partial charge < -0.3 is 11.1 Å². The monoisotopic (exact) mass is 284 g/mol. The lowest BCUT2D eigenvalue weighted by atomic mass is 9.90. The molecule has 2 nitrogen and oxygen atoms in total. The van der Waals surface area contributed by atoms with Crippen molar-refractivity contribution in [2.45, 2.75) is 32.7 Å². The van der Waals surface area contributed by atoms with Gasteiger partial charge in [0.05, 0.1) is 0 Å². The molecule has 0 amide bonds. The van der Waals surface area contributed by atoms with Gasteiger partial charge in [-0.2, -0.15) is 0 Å². The molecule has 3 N–H and O–H groups in total. The van der Waals surface area contributed by atoms with Gasteiger partial charge in [0.1, 0.15) is 0 Å². The maximum atomic E-state index is 5.86. The summed E-state index contributed by atoms with van der Waals surface area (Å²) in [5.41, 5.74) is 6.96. The summed E-state index contributed by atoms with van der Waals surface area (Å²) in [6.07, 6.45) is 1.07. The molecule has 0 spiro atoms. The fraction of sp³-hybridized carbons (Fsp3) is 0.538. The highest BCUT2D eigenvalue weighted by Crippen LogP contribution is 2.22. The zero-order valence-corrected chi connectivity index (χ0v) is 11.8. The van der Waals surface area contributed by atoms with Gasteiger partial charge in [0, 0.05) is 22.2 Å². The van der Waals surface area contributed by atoms with Crippen molar-refractivity contribution in [3.05, 3.63) is 28.7 Å². The lowest BCUT2D eigenvalue weighted by Crippen LogP contribution is -2.43. The molecule has 0 aromatic heterocycles. The van der Waals surface area contributed by atoms with Crippen LogP contribution in [0.25, 0.3) is 0 Å². The van der Waals surface area contributed by atoms with Crippen LogP contribution in [0, 0.1) is 5.92 Å². The first-order valence-electron chi connectivity index (χ1n) is 5.69. The van der Waals surface area contributed by atoms with Crippen LogP contribution in [0.5, 0.6) is 0 Å². The minimum atomic E-state index is -0.0258. The predicted octanol–water partition coefficient (Wildman–Crippen LogP) is 3.62. The fourth-order valence-corrected chi connectivity index (χ4v) is 2.23. The summed E-state index contributed by atoms with van der Waals surface area (Å²) in [6.45, 7) is 7.25. The normalized spacial score (nSPS) is 14.9. The lowest BCUT2D eigenvalue weighted by molar-refractivity contribution is 0.407. The molecule has 0 bridgehead atoms. The highest BCUT2D eigenvalue weighted by molar-refractivity contribution is 9.10. The summed E-state index contributed by atoms with van der Waals surface area (Å²) < 4.78 is 1.09. The lowest BCUT2D eigenvalue weighted by Gasteiger charge is -2.32.